The smallest absolute Gasteiger partial charge is 0.170 e. The highest BCUT2D eigenvalue weighted by Crippen LogP contribution is 2.40. The Labute approximate surface area is 104 Å². The zero-order valence-corrected chi connectivity index (χ0v) is 11.7. The van der Waals surface area contributed by atoms with E-state index in [1.165, 1.54) is 0 Å². The van der Waals surface area contributed by atoms with E-state index in [1.807, 2.05) is 32.8 Å². The number of nitriles is 1. The first-order valence-electron chi connectivity index (χ1n) is 6.09. The molecule has 1 aliphatic rings. The summed E-state index contributed by atoms with van der Waals surface area (Å²) in [6.07, 6.45) is 0.987. The van der Waals surface area contributed by atoms with Crippen molar-refractivity contribution in [3.05, 3.63) is 0 Å². The van der Waals surface area contributed by atoms with Gasteiger partial charge in [-0.1, -0.05) is 0 Å². The van der Waals surface area contributed by atoms with Gasteiger partial charge in [0.1, 0.15) is 0 Å². The normalized spacial score (nSPS) is 25.5. The van der Waals surface area contributed by atoms with Crippen molar-refractivity contribution >= 4 is 0 Å². The van der Waals surface area contributed by atoms with E-state index in [-0.39, 0.29) is 17.2 Å². The van der Waals surface area contributed by atoms with Gasteiger partial charge in [-0.3, -0.25) is 4.84 Å². The topological polar surface area (TPSA) is 56.5 Å². The molecule has 0 aromatic carbocycles. The van der Waals surface area contributed by atoms with Crippen molar-refractivity contribution in [1.29, 1.82) is 5.26 Å². The molecular formula is C13H24N2O2. The highest BCUT2D eigenvalue weighted by Gasteiger charge is 2.48. The number of rotatable bonds is 2. The molecule has 17 heavy (non-hydrogen) atoms. The number of hydroxylamine groups is 2. The van der Waals surface area contributed by atoms with E-state index < -0.39 is 5.60 Å². The number of hydrogen-bond acceptors (Lipinski definition) is 4. The maximum absolute atomic E-state index is 9.91. The summed E-state index contributed by atoms with van der Waals surface area (Å²) in [5, 5.41) is 20.9. The molecule has 0 bridgehead atoms. The number of aliphatic hydroxyl groups excluding tert-OH is 1. The van der Waals surface area contributed by atoms with Crippen LogP contribution in [0.25, 0.3) is 0 Å². The van der Waals surface area contributed by atoms with Gasteiger partial charge in [-0.2, -0.15) is 10.3 Å². The van der Waals surface area contributed by atoms with Gasteiger partial charge in [-0.25, -0.2) is 0 Å². The molecule has 4 nitrogen and oxygen atoms in total. The third-order valence-electron chi connectivity index (χ3n) is 3.16. The van der Waals surface area contributed by atoms with Crippen LogP contribution in [0.5, 0.6) is 0 Å². The van der Waals surface area contributed by atoms with Gasteiger partial charge in [0.05, 0.1) is 12.2 Å². The van der Waals surface area contributed by atoms with Crippen LogP contribution in [0.15, 0.2) is 0 Å². The van der Waals surface area contributed by atoms with Gasteiger partial charge < -0.3 is 5.11 Å². The summed E-state index contributed by atoms with van der Waals surface area (Å²) >= 11 is 0. The summed E-state index contributed by atoms with van der Waals surface area (Å²) in [6.45, 7) is 11.6. The lowest BCUT2D eigenvalue weighted by Gasteiger charge is -2.54. The van der Waals surface area contributed by atoms with Crippen molar-refractivity contribution in [2.45, 2.75) is 77.2 Å². The SMILES string of the molecule is CC(C)(C#N)ON1C(C)(C)CC(O)CC1(C)C. The second kappa shape index (κ2) is 4.24. The van der Waals surface area contributed by atoms with Crippen LogP contribution < -0.4 is 0 Å². The average molecular weight is 240 g/mol. The Hall–Kier alpha value is -0.630. The van der Waals surface area contributed by atoms with Crippen LogP contribution in [0.3, 0.4) is 0 Å². The zero-order valence-electron chi connectivity index (χ0n) is 11.7. The predicted octanol–water partition coefficient (Wildman–Crippen LogP) is 2.23. The van der Waals surface area contributed by atoms with Gasteiger partial charge in [-0.15, -0.1) is 0 Å². The first-order valence-corrected chi connectivity index (χ1v) is 6.09. The zero-order chi connectivity index (χ0) is 13.5. The van der Waals surface area contributed by atoms with Gasteiger partial charge in [0.15, 0.2) is 5.60 Å². The van der Waals surface area contributed by atoms with Crippen LogP contribution >= 0.6 is 0 Å². The number of nitrogens with zero attached hydrogens (tertiary/aromatic N) is 2. The third kappa shape index (κ3) is 3.19. The van der Waals surface area contributed by atoms with Crippen LogP contribution in [0.1, 0.15) is 54.4 Å². The molecule has 0 aliphatic carbocycles. The second-order valence-electron chi connectivity index (χ2n) is 6.69. The van der Waals surface area contributed by atoms with E-state index in [1.54, 1.807) is 13.8 Å². The Balaban J connectivity index is 2.98. The fraction of sp³-hybridized carbons (Fsp3) is 0.923. The van der Waals surface area contributed by atoms with Gasteiger partial charge in [0.2, 0.25) is 0 Å². The highest BCUT2D eigenvalue weighted by molar-refractivity contribution is 5.00. The molecule has 98 valence electrons. The van der Waals surface area contributed by atoms with E-state index in [4.69, 9.17) is 10.1 Å². The molecule has 1 fully saturated rings. The fourth-order valence-corrected chi connectivity index (χ4v) is 2.71. The minimum Gasteiger partial charge on any atom is -0.393 e. The number of aliphatic hydroxyl groups is 1. The first-order chi connectivity index (χ1) is 7.50. The van der Waals surface area contributed by atoms with Gasteiger partial charge in [0.25, 0.3) is 0 Å². The highest BCUT2D eigenvalue weighted by atomic mass is 16.7. The Morgan fingerprint density at radius 2 is 1.65 bits per heavy atom. The molecule has 0 unspecified atom stereocenters. The molecule has 1 aliphatic heterocycles. The van der Waals surface area contributed by atoms with E-state index in [2.05, 4.69) is 6.07 Å². The van der Waals surface area contributed by atoms with Crippen LogP contribution in [0, 0.1) is 11.3 Å². The molecule has 1 saturated heterocycles. The van der Waals surface area contributed by atoms with Crippen LogP contribution in [0.2, 0.25) is 0 Å². The van der Waals surface area contributed by atoms with Gasteiger partial charge in [0, 0.05) is 11.1 Å². The van der Waals surface area contributed by atoms with Crippen molar-refractivity contribution in [2.24, 2.45) is 0 Å². The van der Waals surface area contributed by atoms with E-state index in [0.29, 0.717) is 12.8 Å². The van der Waals surface area contributed by atoms with Crippen molar-refractivity contribution in [3.8, 4) is 6.07 Å². The largest absolute Gasteiger partial charge is 0.393 e. The fourth-order valence-electron chi connectivity index (χ4n) is 2.71. The molecule has 4 heteroatoms. The lowest BCUT2D eigenvalue weighted by Crippen LogP contribution is -2.63. The maximum Gasteiger partial charge on any atom is 0.170 e. The third-order valence-corrected chi connectivity index (χ3v) is 3.16. The molecule has 1 N–H and O–H groups in total. The molecule has 0 radical (unpaired) electrons. The monoisotopic (exact) mass is 240 g/mol. The van der Waals surface area contributed by atoms with E-state index in [0.717, 1.165) is 0 Å². The quantitative estimate of drug-likeness (QED) is 0.804. The summed E-state index contributed by atoms with van der Waals surface area (Å²) in [4.78, 5) is 5.87. The summed E-state index contributed by atoms with van der Waals surface area (Å²) in [6, 6.07) is 2.15. The summed E-state index contributed by atoms with van der Waals surface area (Å²) in [5.41, 5.74) is -1.42. The molecule has 0 atom stereocenters. The molecule has 0 amide bonds. The number of piperidine rings is 1. The molecule has 0 saturated carbocycles. The molecule has 1 heterocycles. The molecule has 0 aromatic heterocycles. The Morgan fingerprint density at radius 3 is 2.00 bits per heavy atom. The first kappa shape index (κ1) is 14.4. The van der Waals surface area contributed by atoms with Gasteiger partial charge >= 0.3 is 0 Å². The van der Waals surface area contributed by atoms with Crippen molar-refractivity contribution in [1.82, 2.24) is 5.06 Å². The predicted molar refractivity (Wildman–Crippen MR) is 66.0 cm³/mol. The molecular weight excluding hydrogens is 216 g/mol. The van der Waals surface area contributed by atoms with Crippen molar-refractivity contribution < 1.29 is 9.94 Å². The van der Waals surface area contributed by atoms with E-state index >= 15 is 0 Å². The summed E-state index contributed by atoms with van der Waals surface area (Å²) in [5.74, 6) is 0. The van der Waals surface area contributed by atoms with Crippen LogP contribution in [-0.2, 0) is 4.84 Å². The van der Waals surface area contributed by atoms with Gasteiger partial charge in [-0.05, 0) is 54.4 Å². The Morgan fingerprint density at radius 1 is 1.24 bits per heavy atom. The maximum atomic E-state index is 9.91. The lowest BCUT2D eigenvalue weighted by molar-refractivity contribution is -0.324. The summed E-state index contributed by atoms with van der Waals surface area (Å²) < 4.78 is 0. The number of hydrogen-bond donors (Lipinski definition) is 1. The average Bonchev–Trinajstić information content (AvgIpc) is 2.10. The van der Waals surface area contributed by atoms with Crippen LogP contribution in [-0.4, -0.2) is 33.0 Å². The standard InChI is InChI=1S/C13H24N2O2/c1-11(2)7-10(16)8-12(3,4)15(11)17-13(5,6)9-14/h10,16H,7-8H2,1-6H3. The van der Waals surface area contributed by atoms with Crippen molar-refractivity contribution in [3.63, 3.8) is 0 Å². The minimum atomic E-state index is -0.850. The summed E-state index contributed by atoms with van der Waals surface area (Å²) in [7, 11) is 0. The minimum absolute atomic E-state index is 0.282. The lowest BCUT2D eigenvalue weighted by atomic mass is 9.80. The van der Waals surface area contributed by atoms with E-state index in [9.17, 15) is 5.11 Å². The van der Waals surface area contributed by atoms with Crippen LogP contribution in [0.4, 0.5) is 0 Å². The Kier molecular flexibility index (Phi) is 3.60. The molecule has 1 rings (SSSR count). The van der Waals surface area contributed by atoms with Crippen molar-refractivity contribution in [2.75, 3.05) is 0 Å². The molecule has 0 aromatic rings. The Bertz CT molecular complexity index is 311. The second-order valence-corrected chi connectivity index (χ2v) is 6.69. The molecule has 0 spiro atoms.